The first-order valence-electron chi connectivity index (χ1n) is 12.9. The fourth-order valence-corrected chi connectivity index (χ4v) is 4.08. The average Bonchev–Trinajstić information content (AvgIpc) is 2.97. The molecule has 0 saturated carbocycles. The van der Waals surface area contributed by atoms with Crippen LogP contribution in [-0.2, 0) is 39.8 Å². The number of amides is 1. The molecule has 0 bridgehead atoms. The largest absolute Gasteiger partial charge is 0.493 e. The fraction of sp³-hybridized carbons (Fsp3) is 0.414. The maximum absolute atomic E-state index is 13.3. The Labute approximate surface area is 237 Å². The van der Waals surface area contributed by atoms with Crippen molar-refractivity contribution in [2.24, 2.45) is 5.92 Å². The standard InChI is InChI=1S/C29H34N2O10/c1-17(2)14-37-25-18(3)41-29(35)22(15-38-28(34)21(25)13-20-9-7-6-8-10-20)31-27(33)24-26(40-16-39-19(4)32)23(36-5)11-12-30-24/h6-12,18,21-22,25H,1,13-16H2,2-5H3,(H,31,33)/t18-,21+,22-,25-/m0/s1. The SMILES string of the molecule is C=C(C)CO[C@H]1[C@H](C)OC(=O)[C@@H](NC(=O)c2nccc(OC)c2OCOC(C)=O)COC(=O)[C@@H]1Cc1ccccc1. The molecule has 1 aromatic heterocycles. The van der Waals surface area contributed by atoms with E-state index in [0.29, 0.717) is 0 Å². The molecule has 0 radical (unpaired) electrons. The number of aromatic nitrogens is 1. The summed E-state index contributed by atoms with van der Waals surface area (Å²) in [6, 6.07) is 9.38. The van der Waals surface area contributed by atoms with E-state index in [2.05, 4.69) is 16.9 Å². The molecule has 12 nitrogen and oxygen atoms in total. The topological polar surface area (TPSA) is 149 Å². The number of ether oxygens (including phenoxy) is 6. The summed E-state index contributed by atoms with van der Waals surface area (Å²) in [5.41, 5.74) is 1.33. The lowest BCUT2D eigenvalue weighted by atomic mass is 9.91. The van der Waals surface area contributed by atoms with Gasteiger partial charge in [-0.15, -0.1) is 0 Å². The first kappa shape index (κ1) is 31.1. The van der Waals surface area contributed by atoms with Crippen molar-refractivity contribution in [3.8, 4) is 11.5 Å². The van der Waals surface area contributed by atoms with Gasteiger partial charge in [0.2, 0.25) is 6.79 Å². The van der Waals surface area contributed by atoms with Crippen molar-refractivity contribution in [3.05, 3.63) is 66.0 Å². The number of nitrogens with one attached hydrogen (secondary N) is 1. The maximum Gasteiger partial charge on any atom is 0.332 e. The van der Waals surface area contributed by atoms with Crippen LogP contribution >= 0.6 is 0 Å². The first-order valence-corrected chi connectivity index (χ1v) is 12.9. The zero-order valence-corrected chi connectivity index (χ0v) is 23.4. The Morgan fingerprint density at radius 1 is 1.12 bits per heavy atom. The van der Waals surface area contributed by atoms with Crippen LogP contribution in [0.25, 0.3) is 0 Å². The Hall–Kier alpha value is -4.45. The monoisotopic (exact) mass is 570 g/mol. The van der Waals surface area contributed by atoms with Gasteiger partial charge < -0.3 is 33.7 Å². The molecular formula is C29H34N2O10. The number of pyridine rings is 1. The molecule has 0 unspecified atom stereocenters. The molecule has 12 heteroatoms. The summed E-state index contributed by atoms with van der Waals surface area (Å²) in [4.78, 5) is 54.9. The van der Waals surface area contributed by atoms with E-state index in [9.17, 15) is 19.2 Å². The molecule has 1 fully saturated rings. The van der Waals surface area contributed by atoms with Gasteiger partial charge in [0.1, 0.15) is 18.8 Å². The van der Waals surface area contributed by atoms with Crippen LogP contribution in [0.15, 0.2) is 54.7 Å². The fourth-order valence-electron chi connectivity index (χ4n) is 4.08. The van der Waals surface area contributed by atoms with Crippen LogP contribution < -0.4 is 14.8 Å². The molecule has 1 amide bonds. The van der Waals surface area contributed by atoms with E-state index in [1.54, 1.807) is 13.8 Å². The maximum atomic E-state index is 13.3. The predicted octanol–water partition coefficient (Wildman–Crippen LogP) is 2.40. The zero-order valence-electron chi connectivity index (χ0n) is 23.4. The van der Waals surface area contributed by atoms with Gasteiger partial charge in [-0.3, -0.25) is 14.4 Å². The van der Waals surface area contributed by atoms with Crippen molar-refractivity contribution < 1.29 is 47.6 Å². The summed E-state index contributed by atoms with van der Waals surface area (Å²) in [5.74, 6) is -3.69. The minimum atomic E-state index is -1.37. The van der Waals surface area contributed by atoms with Gasteiger partial charge in [0, 0.05) is 19.2 Å². The molecule has 1 aliphatic rings. The van der Waals surface area contributed by atoms with Gasteiger partial charge >= 0.3 is 17.9 Å². The van der Waals surface area contributed by atoms with Crippen molar-refractivity contribution in [2.75, 3.05) is 27.1 Å². The second-order valence-corrected chi connectivity index (χ2v) is 9.42. The molecule has 2 heterocycles. The molecule has 0 aliphatic carbocycles. The molecule has 1 aromatic carbocycles. The van der Waals surface area contributed by atoms with Crippen molar-refractivity contribution in [1.82, 2.24) is 10.3 Å². The van der Waals surface area contributed by atoms with Crippen LogP contribution in [0.3, 0.4) is 0 Å². The van der Waals surface area contributed by atoms with Crippen molar-refractivity contribution >= 4 is 23.8 Å². The van der Waals surface area contributed by atoms with Gasteiger partial charge in [-0.1, -0.05) is 42.5 Å². The Morgan fingerprint density at radius 3 is 2.51 bits per heavy atom. The van der Waals surface area contributed by atoms with E-state index < -0.39 is 61.4 Å². The van der Waals surface area contributed by atoms with Gasteiger partial charge in [0.25, 0.3) is 5.91 Å². The molecule has 1 aliphatic heterocycles. The number of nitrogens with zero attached hydrogens (tertiary/aromatic N) is 1. The van der Waals surface area contributed by atoms with E-state index in [-0.39, 0.29) is 30.2 Å². The molecule has 1 N–H and O–H groups in total. The summed E-state index contributed by atoms with van der Waals surface area (Å²) >= 11 is 0. The Kier molecular flexibility index (Phi) is 11.2. The molecule has 41 heavy (non-hydrogen) atoms. The summed E-state index contributed by atoms with van der Waals surface area (Å²) in [6.07, 6.45) is -0.151. The highest BCUT2D eigenvalue weighted by atomic mass is 16.7. The van der Waals surface area contributed by atoms with Crippen LogP contribution in [-0.4, -0.2) is 74.2 Å². The molecule has 0 spiro atoms. The Balaban J connectivity index is 1.84. The lowest BCUT2D eigenvalue weighted by Crippen LogP contribution is -2.46. The Bertz CT molecular complexity index is 1250. The normalized spacial score (nSPS) is 20.8. The number of benzene rings is 1. The number of rotatable bonds is 11. The van der Waals surface area contributed by atoms with Gasteiger partial charge in [0.15, 0.2) is 23.2 Å². The smallest absolute Gasteiger partial charge is 0.332 e. The molecular weight excluding hydrogens is 536 g/mol. The van der Waals surface area contributed by atoms with Crippen LogP contribution in [0.2, 0.25) is 0 Å². The third-order valence-electron chi connectivity index (χ3n) is 6.04. The number of hydrogen-bond acceptors (Lipinski definition) is 11. The van der Waals surface area contributed by atoms with Gasteiger partial charge in [-0.05, 0) is 25.8 Å². The number of methoxy groups -OCH3 is 1. The number of carbonyl (C=O) groups excluding carboxylic acids is 4. The lowest BCUT2D eigenvalue weighted by Gasteiger charge is -2.29. The van der Waals surface area contributed by atoms with E-state index in [0.717, 1.165) is 11.1 Å². The highest BCUT2D eigenvalue weighted by Crippen LogP contribution is 2.30. The number of esters is 3. The molecule has 4 atom stereocenters. The van der Waals surface area contributed by atoms with Gasteiger partial charge in [-0.2, -0.15) is 0 Å². The molecule has 2 aromatic rings. The van der Waals surface area contributed by atoms with Crippen molar-refractivity contribution in [2.45, 2.75) is 45.4 Å². The van der Waals surface area contributed by atoms with Gasteiger partial charge in [-0.25, -0.2) is 9.78 Å². The zero-order chi connectivity index (χ0) is 29.9. The quantitative estimate of drug-likeness (QED) is 0.184. The van der Waals surface area contributed by atoms with E-state index in [4.69, 9.17) is 28.4 Å². The van der Waals surface area contributed by atoms with Gasteiger partial charge in [0.05, 0.1) is 19.6 Å². The average molecular weight is 571 g/mol. The first-order chi connectivity index (χ1) is 19.6. The Morgan fingerprint density at radius 2 is 1.85 bits per heavy atom. The summed E-state index contributed by atoms with van der Waals surface area (Å²) in [7, 11) is 1.35. The second-order valence-electron chi connectivity index (χ2n) is 9.42. The summed E-state index contributed by atoms with van der Waals surface area (Å²) < 4.78 is 32.6. The molecule has 3 rings (SSSR count). The molecule has 220 valence electrons. The van der Waals surface area contributed by atoms with Crippen LogP contribution in [0.5, 0.6) is 11.5 Å². The number of cyclic esters (lactones) is 2. The molecule has 1 saturated heterocycles. The van der Waals surface area contributed by atoms with Crippen LogP contribution in [0, 0.1) is 5.92 Å². The van der Waals surface area contributed by atoms with E-state index >= 15 is 0 Å². The third-order valence-corrected chi connectivity index (χ3v) is 6.04. The minimum Gasteiger partial charge on any atom is -0.493 e. The van der Waals surface area contributed by atoms with Crippen LogP contribution in [0.4, 0.5) is 0 Å². The summed E-state index contributed by atoms with van der Waals surface area (Å²) in [6.45, 7) is 7.56. The predicted molar refractivity (Wildman–Crippen MR) is 144 cm³/mol. The number of hydrogen-bond donors (Lipinski definition) is 1. The minimum absolute atomic E-state index is 0.119. The van der Waals surface area contributed by atoms with E-state index in [1.807, 2.05) is 30.3 Å². The van der Waals surface area contributed by atoms with E-state index in [1.165, 1.54) is 26.3 Å². The van der Waals surface area contributed by atoms with Crippen molar-refractivity contribution in [1.29, 1.82) is 0 Å². The lowest BCUT2D eigenvalue weighted by molar-refractivity contribution is -0.163. The third kappa shape index (κ3) is 8.77. The highest BCUT2D eigenvalue weighted by molar-refractivity contribution is 5.98. The van der Waals surface area contributed by atoms with Crippen LogP contribution in [0.1, 0.15) is 36.8 Å². The highest BCUT2D eigenvalue weighted by Gasteiger charge is 2.40. The van der Waals surface area contributed by atoms with Crippen molar-refractivity contribution in [3.63, 3.8) is 0 Å². The number of carbonyl (C=O) groups is 4. The second kappa shape index (κ2) is 14.8. The summed E-state index contributed by atoms with van der Waals surface area (Å²) in [5, 5.41) is 2.49.